The molecule has 0 saturated carbocycles. The molecule has 16 heavy (non-hydrogen) atoms. The summed E-state index contributed by atoms with van der Waals surface area (Å²) in [5.41, 5.74) is 0. The highest BCUT2D eigenvalue weighted by atomic mass is 16.5. The van der Waals surface area contributed by atoms with Gasteiger partial charge in [0.1, 0.15) is 0 Å². The van der Waals surface area contributed by atoms with Crippen LogP contribution in [0.3, 0.4) is 0 Å². The number of unbranched alkanes of at least 4 members (excludes halogenated alkanes) is 1. The topological polar surface area (TPSA) is 42.5 Å². The number of methoxy groups -OCH3 is 2. The highest BCUT2D eigenvalue weighted by Gasteiger charge is 1.89. The fraction of sp³-hybridized carbons (Fsp3) is 1.00. The van der Waals surface area contributed by atoms with E-state index in [1.54, 1.807) is 14.2 Å². The van der Waals surface area contributed by atoms with E-state index in [9.17, 15) is 0 Å². The van der Waals surface area contributed by atoms with Gasteiger partial charge in [-0.1, -0.05) is 13.8 Å². The van der Waals surface area contributed by atoms with E-state index in [1.165, 1.54) is 12.8 Å². The Morgan fingerprint density at radius 3 is 1.38 bits per heavy atom. The quantitative estimate of drug-likeness (QED) is 0.528. The van der Waals surface area contributed by atoms with Gasteiger partial charge >= 0.3 is 0 Å². The summed E-state index contributed by atoms with van der Waals surface area (Å²) in [4.78, 5) is 0. The predicted molar refractivity (Wildman–Crippen MR) is 70.1 cm³/mol. The average Bonchev–Trinajstić information content (AvgIpc) is 2.34. The van der Waals surface area contributed by atoms with E-state index in [-0.39, 0.29) is 0 Å². The van der Waals surface area contributed by atoms with Crippen molar-refractivity contribution in [2.24, 2.45) is 0 Å². The normalized spacial score (nSPS) is 9.75. The van der Waals surface area contributed by atoms with Crippen LogP contribution in [0.5, 0.6) is 0 Å². The summed E-state index contributed by atoms with van der Waals surface area (Å²) < 4.78 is 9.85. The predicted octanol–water partition coefficient (Wildman–Crippen LogP) is 1.26. The van der Waals surface area contributed by atoms with Gasteiger partial charge in [-0.05, 0) is 25.9 Å². The van der Waals surface area contributed by atoms with E-state index in [4.69, 9.17) is 9.47 Å². The second-order valence-electron chi connectivity index (χ2n) is 3.19. The van der Waals surface area contributed by atoms with Gasteiger partial charge in [0, 0.05) is 27.3 Å². The fourth-order valence-corrected chi connectivity index (χ4v) is 1.10. The fourth-order valence-electron chi connectivity index (χ4n) is 1.10. The molecule has 2 N–H and O–H groups in total. The van der Waals surface area contributed by atoms with Gasteiger partial charge in [-0.2, -0.15) is 0 Å². The van der Waals surface area contributed by atoms with Gasteiger partial charge in [-0.25, -0.2) is 0 Å². The summed E-state index contributed by atoms with van der Waals surface area (Å²) in [7, 11) is 3.45. The number of hydrogen-bond acceptors (Lipinski definition) is 4. The van der Waals surface area contributed by atoms with Crippen molar-refractivity contribution in [1.29, 1.82) is 0 Å². The van der Waals surface area contributed by atoms with Gasteiger partial charge in [0.15, 0.2) is 0 Å². The number of nitrogens with one attached hydrogen (secondary N) is 2. The van der Waals surface area contributed by atoms with Crippen molar-refractivity contribution in [2.75, 3.05) is 53.6 Å². The first-order valence-corrected chi connectivity index (χ1v) is 6.31. The van der Waals surface area contributed by atoms with Gasteiger partial charge < -0.3 is 20.1 Å². The molecule has 100 valence electrons. The Kier molecular flexibility index (Phi) is 23.1. The maximum Gasteiger partial charge on any atom is 0.0587 e. The molecular weight excluding hydrogens is 204 g/mol. The minimum absolute atomic E-state index is 0.798. The maximum atomic E-state index is 4.93. The Hall–Kier alpha value is -0.160. The molecule has 0 aromatic carbocycles. The van der Waals surface area contributed by atoms with Crippen molar-refractivity contribution in [2.45, 2.75) is 26.7 Å². The lowest BCUT2D eigenvalue weighted by atomic mass is 10.3. The lowest BCUT2D eigenvalue weighted by molar-refractivity contribution is 0.198. The van der Waals surface area contributed by atoms with E-state index in [2.05, 4.69) is 10.6 Å². The summed E-state index contributed by atoms with van der Waals surface area (Å²) in [6.45, 7) is 9.66. The molecule has 0 aliphatic heterocycles. The van der Waals surface area contributed by atoms with Crippen LogP contribution in [0, 0.1) is 0 Å². The first-order valence-electron chi connectivity index (χ1n) is 6.31. The molecule has 0 aliphatic rings. The third-order valence-corrected chi connectivity index (χ3v) is 1.92. The van der Waals surface area contributed by atoms with Gasteiger partial charge in [-0.15, -0.1) is 0 Å². The zero-order valence-electron chi connectivity index (χ0n) is 11.5. The molecule has 0 aromatic heterocycles. The maximum absolute atomic E-state index is 4.93. The molecule has 4 nitrogen and oxygen atoms in total. The molecule has 0 spiro atoms. The number of ether oxygens (including phenoxy) is 2. The van der Waals surface area contributed by atoms with Crippen molar-refractivity contribution in [3.63, 3.8) is 0 Å². The van der Waals surface area contributed by atoms with Crippen LogP contribution in [0.1, 0.15) is 26.7 Å². The van der Waals surface area contributed by atoms with Crippen molar-refractivity contribution < 1.29 is 9.47 Å². The Labute approximate surface area is 101 Å². The molecule has 0 aliphatic carbocycles. The standard InChI is InChI=1S/C10H24N2O2.C2H6/c1-13-9-7-11-5-3-4-6-12-8-10-14-2;1-2/h11-12H,3-10H2,1-2H3;1-2H3. The first kappa shape index (κ1) is 18.2. The molecular formula is C12H30N2O2. The third kappa shape index (κ3) is 19.4. The molecule has 0 radical (unpaired) electrons. The summed E-state index contributed by atoms with van der Waals surface area (Å²) in [5, 5.41) is 6.62. The summed E-state index contributed by atoms with van der Waals surface area (Å²) in [6, 6.07) is 0. The minimum atomic E-state index is 0.798. The molecule has 0 saturated heterocycles. The van der Waals surface area contributed by atoms with Crippen molar-refractivity contribution in [3.05, 3.63) is 0 Å². The number of rotatable bonds is 11. The monoisotopic (exact) mass is 234 g/mol. The van der Waals surface area contributed by atoms with Gasteiger partial charge in [0.05, 0.1) is 13.2 Å². The lowest BCUT2D eigenvalue weighted by Gasteiger charge is -2.05. The van der Waals surface area contributed by atoms with E-state index >= 15 is 0 Å². The van der Waals surface area contributed by atoms with Crippen LogP contribution in [0.25, 0.3) is 0 Å². The molecule has 0 bridgehead atoms. The van der Waals surface area contributed by atoms with Gasteiger partial charge in [0.2, 0.25) is 0 Å². The molecule has 0 unspecified atom stereocenters. The summed E-state index contributed by atoms with van der Waals surface area (Å²) >= 11 is 0. The second-order valence-corrected chi connectivity index (χ2v) is 3.19. The van der Waals surface area contributed by atoms with Crippen LogP contribution in [0.15, 0.2) is 0 Å². The highest BCUT2D eigenvalue weighted by molar-refractivity contribution is 4.51. The zero-order valence-corrected chi connectivity index (χ0v) is 11.5. The van der Waals surface area contributed by atoms with Crippen LogP contribution in [-0.2, 0) is 9.47 Å². The van der Waals surface area contributed by atoms with E-state index < -0.39 is 0 Å². The summed E-state index contributed by atoms with van der Waals surface area (Å²) in [5.74, 6) is 0. The van der Waals surface area contributed by atoms with Gasteiger partial charge in [-0.3, -0.25) is 0 Å². The van der Waals surface area contributed by atoms with Crippen LogP contribution in [0.2, 0.25) is 0 Å². The Balaban J connectivity index is 0. The Morgan fingerprint density at radius 2 is 1.06 bits per heavy atom. The molecule has 0 amide bonds. The van der Waals surface area contributed by atoms with Crippen LogP contribution in [0.4, 0.5) is 0 Å². The van der Waals surface area contributed by atoms with E-state index in [1.807, 2.05) is 13.8 Å². The third-order valence-electron chi connectivity index (χ3n) is 1.92. The van der Waals surface area contributed by atoms with Crippen LogP contribution < -0.4 is 10.6 Å². The molecule has 4 heteroatoms. The highest BCUT2D eigenvalue weighted by Crippen LogP contribution is 1.83. The minimum Gasteiger partial charge on any atom is -0.383 e. The lowest BCUT2D eigenvalue weighted by Crippen LogP contribution is -2.23. The molecule has 0 fully saturated rings. The van der Waals surface area contributed by atoms with Crippen molar-refractivity contribution in [3.8, 4) is 0 Å². The van der Waals surface area contributed by atoms with E-state index in [0.29, 0.717) is 0 Å². The van der Waals surface area contributed by atoms with E-state index in [0.717, 1.165) is 39.4 Å². The van der Waals surface area contributed by atoms with Crippen molar-refractivity contribution in [1.82, 2.24) is 10.6 Å². The Morgan fingerprint density at radius 1 is 0.688 bits per heavy atom. The summed E-state index contributed by atoms with van der Waals surface area (Å²) in [6.07, 6.45) is 2.42. The zero-order chi connectivity index (χ0) is 12.5. The molecule has 0 heterocycles. The van der Waals surface area contributed by atoms with Crippen molar-refractivity contribution >= 4 is 0 Å². The van der Waals surface area contributed by atoms with Gasteiger partial charge in [0.25, 0.3) is 0 Å². The molecule has 0 atom stereocenters. The molecule has 0 aromatic rings. The van der Waals surface area contributed by atoms with Crippen LogP contribution >= 0.6 is 0 Å². The SMILES string of the molecule is CC.COCCNCCCCNCCOC. The molecule has 0 rings (SSSR count). The average molecular weight is 234 g/mol. The van der Waals surface area contributed by atoms with Crippen LogP contribution in [-0.4, -0.2) is 53.6 Å². The second kappa shape index (κ2) is 20.3. The first-order chi connectivity index (χ1) is 7.91. The largest absolute Gasteiger partial charge is 0.383 e. The smallest absolute Gasteiger partial charge is 0.0587 e. The Bertz CT molecular complexity index is 91.0. The number of hydrogen-bond donors (Lipinski definition) is 2.